The van der Waals surface area contributed by atoms with E-state index in [9.17, 15) is 17.6 Å². The summed E-state index contributed by atoms with van der Waals surface area (Å²) in [4.78, 5) is 19.1. The van der Waals surface area contributed by atoms with E-state index in [4.69, 9.17) is 0 Å². The van der Waals surface area contributed by atoms with Gasteiger partial charge in [-0.2, -0.15) is 0 Å². The van der Waals surface area contributed by atoms with Gasteiger partial charge in [0.15, 0.2) is 0 Å². The summed E-state index contributed by atoms with van der Waals surface area (Å²) in [5.41, 5.74) is 0.912. The first-order valence-electron chi connectivity index (χ1n) is 9.76. The average Bonchev–Trinajstić information content (AvgIpc) is 3.23. The summed E-state index contributed by atoms with van der Waals surface area (Å²) in [6, 6.07) is 18.6. The Morgan fingerprint density at radius 3 is 2.53 bits per heavy atom. The molecule has 3 aromatic carbocycles. The van der Waals surface area contributed by atoms with Crippen molar-refractivity contribution in [3.05, 3.63) is 89.2 Å². The van der Waals surface area contributed by atoms with Crippen LogP contribution in [-0.4, -0.2) is 31.3 Å². The Morgan fingerprint density at radius 2 is 1.78 bits per heavy atom. The Morgan fingerprint density at radius 1 is 1.06 bits per heavy atom. The van der Waals surface area contributed by atoms with Gasteiger partial charge in [0, 0.05) is 12.6 Å². The molecular formula is C23H20FN3O3S2. The van der Waals surface area contributed by atoms with Crippen molar-refractivity contribution in [3.8, 4) is 0 Å². The van der Waals surface area contributed by atoms with Crippen LogP contribution in [0.4, 0.5) is 10.1 Å². The van der Waals surface area contributed by atoms with Crippen LogP contribution in [0.3, 0.4) is 0 Å². The molecule has 0 fully saturated rings. The summed E-state index contributed by atoms with van der Waals surface area (Å²) in [6.45, 7) is 1.87. The molecule has 1 unspecified atom stereocenters. The lowest BCUT2D eigenvalue weighted by Crippen LogP contribution is -2.29. The second kappa shape index (κ2) is 8.68. The number of anilines is 1. The molecule has 0 aliphatic heterocycles. The third-order valence-electron chi connectivity index (χ3n) is 5.08. The molecule has 0 saturated carbocycles. The van der Waals surface area contributed by atoms with Crippen LogP contribution in [0.5, 0.6) is 0 Å². The first-order chi connectivity index (χ1) is 15.3. The van der Waals surface area contributed by atoms with Crippen molar-refractivity contribution < 1.29 is 17.6 Å². The number of amides is 1. The van der Waals surface area contributed by atoms with Gasteiger partial charge in [-0.1, -0.05) is 30.3 Å². The van der Waals surface area contributed by atoms with E-state index < -0.39 is 15.8 Å². The van der Waals surface area contributed by atoms with Crippen molar-refractivity contribution in [1.29, 1.82) is 0 Å². The van der Waals surface area contributed by atoms with E-state index in [1.807, 2.05) is 31.2 Å². The van der Waals surface area contributed by atoms with E-state index in [-0.39, 0.29) is 28.1 Å². The number of rotatable bonds is 6. The quantitative estimate of drug-likeness (QED) is 0.428. The average molecular weight is 470 g/mol. The van der Waals surface area contributed by atoms with Gasteiger partial charge in [0.2, 0.25) is 0 Å². The lowest BCUT2D eigenvalue weighted by Gasteiger charge is -2.23. The van der Waals surface area contributed by atoms with Crippen LogP contribution in [0, 0.1) is 5.82 Å². The molecule has 0 saturated heterocycles. The zero-order valence-electron chi connectivity index (χ0n) is 17.3. The lowest BCUT2D eigenvalue weighted by molar-refractivity contribution is 0.0742. The topological polar surface area (TPSA) is 79.4 Å². The molecule has 6 nitrogen and oxygen atoms in total. The smallest absolute Gasteiger partial charge is 0.262 e. The Kier molecular flexibility index (Phi) is 5.94. The number of nitrogens with one attached hydrogen (secondary N) is 1. The molecule has 1 amide bonds. The Hall–Kier alpha value is -3.30. The highest BCUT2D eigenvalue weighted by molar-refractivity contribution is 7.92. The zero-order chi connectivity index (χ0) is 22.9. The summed E-state index contributed by atoms with van der Waals surface area (Å²) < 4.78 is 42.6. The molecule has 1 atom stereocenters. The lowest BCUT2D eigenvalue weighted by atomic mass is 10.2. The van der Waals surface area contributed by atoms with Crippen molar-refractivity contribution in [2.24, 2.45) is 0 Å². The van der Waals surface area contributed by atoms with Gasteiger partial charge < -0.3 is 4.90 Å². The van der Waals surface area contributed by atoms with Crippen LogP contribution in [0.2, 0.25) is 0 Å². The van der Waals surface area contributed by atoms with E-state index in [0.29, 0.717) is 0 Å². The predicted molar refractivity (Wildman–Crippen MR) is 124 cm³/mol. The SMILES string of the molecule is CC(c1nc2ccccc2s1)N(C)C(=O)c1cccc(S(=O)(=O)Nc2ccccc2F)c1. The summed E-state index contributed by atoms with van der Waals surface area (Å²) in [7, 11) is -2.43. The maximum atomic E-state index is 13.9. The number of hydrogen-bond acceptors (Lipinski definition) is 5. The third-order valence-corrected chi connectivity index (χ3v) is 7.65. The van der Waals surface area contributed by atoms with E-state index in [2.05, 4.69) is 9.71 Å². The number of carbonyl (C=O) groups is 1. The molecule has 164 valence electrons. The number of aromatic nitrogens is 1. The molecular weight excluding hydrogens is 449 g/mol. The van der Waals surface area contributed by atoms with Gasteiger partial charge in [0.05, 0.1) is 26.8 Å². The van der Waals surface area contributed by atoms with Gasteiger partial charge in [0.1, 0.15) is 10.8 Å². The number of para-hydroxylation sites is 2. The largest absolute Gasteiger partial charge is 0.333 e. The van der Waals surface area contributed by atoms with E-state index in [0.717, 1.165) is 21.3 Å². The predicted octanol–water partition coefficient (Wildman–Crippen LogP) is 5.07. The summed E-state index contributed by atoms with van der Waals surface area (Å²) in [5.74, 6) is -1.03. The molecule has 0 aliphatic rings. The van der Waals surface area contributed by atoms with Crippen LogP contribution in [-0.2, 0) is 10.0 Å². The number of halogens is 1. The summed E-state index contributed by atoms with van der Waals surface area (Å²) in [6.07, 6.45) is 0. The first kappa shape index (κ1) is 21.9. The number of carbonyl (C=O) groups excluding carboxylic acids is 1. The molecule has 9 heteroatoms. The standard InChI is InChI=1S/C23H20FN3O3S2/c1-15(22-25-20-12-5-6-13-21(20)31-22)27(2)23(28)16-8-7-9-17(14-16)32(29,30)26-19-11-4-3-10-18(19)24/h3-15,26H,1-2H3. The van der Waals surface area contributed by atoms with Crippen molar-refractivity contribution in [1.82, 2.24) is 9.88 Å². The van der Waals surface area contributed by atoms with Gasteiger partial charge >= 0.3 is 0 Å². The van der Waals surface area contributed by atoms with Gasteiger partial charge in [-0.25, -0.2) is 17.8 Å². The molecule has 32 heavy (non-hydrogen) atoms. The van der Waals surface area contributed by atoms with Crippen molar-refractivity contribution in [2.75, 3.05) is 11.8 Å². The minimum absolute atomic E-state index is 0.132. The minimum Gasteiger partial charge on any atom is -0.333 e. The Balaban J connectivity index is 1.58. The van der Waals surface area contributed by atoms with E-state index in [1.165, 1.54) is 52.6 Å². The molecule has 4 rings (SSSR count). The highest BCUT2D eigenvalue weighted by Crippen LogP contribution is 2.30. The van der Waals surface area contributed by atoms with Gasteiger partial charge in [0.25, 0.3) is 15.9 Å². The molecule has 4 aromatic rings. The van der Waals surface area contributed by atoms with Crippen LogP contribution in [0.15, 0.2) is 77.7 Å². The number of hydrogen-bond donors (Lipinski definition) is 1. The number of nitrogens with zero attached hydrogens (tertiary/aromatic N) is 2. The molecule has 1 heterocycles. The molecule has 0 spiro atoms. The monoisotopic (exact) mass is 469 g/mol. The van der Waals surface area contributed by atoms with Crippen molar-refractivity contribution in [3.63, 3.8) is 0 Å². The Labute approximate surface area is 189 Å². The van der Waals surface area contributed by atoms with Crippen LogP contribution >= 0.6 is 11.3 Å². The maximum Gasteiger partial charge on any atom is 0.262 e. The number of thiazole rings is 1. The maximum absolute atomic E-state index is 13.9. The fourth-order valence-corrected chi connectivity index (χ4v) is 5.33. The van der Waals surface area contributed by atoms with E-state index >= 15 is 0 Å². The molecule has 1 aromatic heterocycles. The second-order valence-electron chi connectivity index (χ2n) is 7.23. The minimum atomic E-state index is -4.08. The fourth-order valence-electron chi connectivity index (χ4n) is 3.16. The van der Waals surface area contributed by atoms with Gasteiger partial charge in [-0.05, 0) is 49.4 Å². The molecule has 1 N–H and O–H groups in total. The molecule has 0 bridgehead atoms. The molecule has 0 radical (unpaired) electrons. The van der Waals surface area contributed by atoms with Crippen LogP contribution < -0.4 is 4.72 Å². The summed E-state index contributed by atoms with van der Waals surface area (Å²) in [5, 5.41) is 0.784. The third kappa shape index (κ3) is 4.35. The highest BCUT2D eigenvalue weighted by atomic mass is 32.2. The number of benzene rings is 3. The summed E-state index contributed by atoms with van der Waals surface area (Å²) >= 11 is 1.51. The van der Waals surface area contributed by atoms with Crippen LogP contribution in [0.25, 0.3) is 10.2 Å². The van der Waals surface area contributed by atoms with Gasteiger partial charge in [-0.15, -0.1) is 11.3 Å². The zero-order valence-corrected chi connectivity index (χ0v) is 19.0. The molecule has 0 aliphatic carbocycles. The fraction of sp³-hybridized carbons (Fsp3) is 0.130. The van der Waals surface area contributed by atoms with Crippen molar-refractivity contribution in [2.45, 2.75) is 17.9 Å². The Bertz CT molecular complexity index is 1370. The van der Waals surface area contributed by atoms with E-state index in [1.54, 1.807) is 13.1 Å². The van der Waals surface area contributed by atoms with Crippen LogP contribution in [0.1, 0.15) is 28.3 Å². The number of sulfonamides is 1. The van der Waals surface area contributed by atoms with Crippen molar-refractivity contribution >= 4 is 43.2 Å². The first-order valence-corrected chi connectivity index (χ1v) is 12.1. The normalized spacial score (nSPS) is 12.5. The van der Waals surface area contributed by atoms with Gasteiger partial charge in [-0.3, -0.25) is 9.52 Å². The number of fused-ring (bicyclic) bond motifs is 1. The highest BCUT2D eigenvalue weighted by Gasteiger charge is 2.24. The second-order valence-corrected chi connectivity index (χ2v) is 9.97.